The summed E-state index contributed by atoms with van der Waals surface area (Å²) < 4.78 is 25.8. The largest absolute Gasteiger partial charge is 0.326 e. The molecule has 0 saturated carbocycles. The number of benzene rings is 2. The lowest BCUT2D eigenvalue weighted by Crippen LogP contribution is -2.31. The van der Waals surface area contributed by atoms with Crippen LogP contribution in [0.3, 0.4) is 0 Å². The van der Waals surface area contributed by atoms with Crippen molar-refractivity contribution in [1.82, 2.24) is 0 Å². The number of carbonyl (C=O) groups is 2. The van der Waals surface area contributed by atoms with E-state index >= 15 is 0 Å². The predicted octanol–water partition coefficient (Wildman–Crippen LogP) is 3.45. The summed E-state index contributed by atoms with van der Waals surface area (Å²) in [7, 11) is -3.46. The van der Waals surface area contributed by atoms with Crippen molar-refractivity contribution in [1.29, 1.82) is 0 Å². The van der Waals surface area contributed by atoms with Crippen LogP contribution in [0.5, 0.6) is 0 Å². The van der Waals surface area contributed by atoms with E-state index in [2.05, 4.69) is 10.6 Å². The molecule has 0 fully saturated rings. The monoisotopic (exact) mass is 417 g/mol. The third kappa shape index (κ3) is 7.23. The molecular formula is C21H27N3O4S. The van der Waals surface area contributed by atoms with Gasteiger partial charge < -0.3 is 10.6 Å². The lowest BCUT2D eigenvalue weighted by Gasteiger charge is -2.23. The van der Waals surface area contributed by atoms with Gasteiger partial charge >= 0.3 is 0 Å². The minimum atomic E-state index is -3.46. The van der Waals surface area contributed by atoms with Crippen molar-refractivity contribution in [2.45, 2.75) is 33.6 Å². The number of anilines is 3. The van der Waals surface area contributed by atoms with E-state index in [4.69, 9.17) is 0 Å². The fourth-order valence-corrected chi connectivity index (χ4v) is 3.98. The molecule has 0 radical (unpaired) electrons. The average molecular weight is 418 g/mol. The lowest BCUT2D eigenvalue weighted by molar-refractivity contribution is -0.116. The molecule has 0 unspecified atom stereocenters. The number of carbonyl (C=O) groups excluding carboxylic acids is 2. The van der Waals surface area contributed by atoms with E-state index in [1.165, 1.54) is 17.5 Å². The topological polar surface area (TPSA) is 95.6 Å². The highest BCUT2D eigenvalue weighted by atomic mass is 32.2. The second-order valence-electron chi connectivity index (χ2n) is 7.09. The zero-order chi connectivity index (χ0) is 21.6. The first-order valence-corrected chi connectivity index (χ1v) is 11.1. The van der Waals surface area contributed by atoms with Crippen LogP contribution in [-0.4, -0.2) is 33.0 Å². The molecule has 0 saturated heterocycles. The summed E-state index contributed by atoms with van der Waals surface area (Å²) in [6.45, 7) is 5.48. The van der Waals surface area contributed by atoms with Crippen molar-refractivity contribution >= 4 is 38.9 Å². The summed E-state index contributed by atoms with van der Waals surface area (Å²) in [5, 5.41) is 5.43. The van der Waals surface area contributed by atoms with E-state index in [9.17, 15) is 18.0 Å². The van der Waals surface area contributed by atoms with E-state index in [1.807, 2.05) is 32.0 Å². The maximum atomic E-state index is 12.2. The molecule has 2 amide bonds. The molecule has 29 heavy (non-hydrogen) atoms. The molecule has 0 bridgehead atoms. The first kappa shape index (κ1) is 22.4. The normalized spacial score (nSPS) is 11.0. The van der Waals surface area contributed by atoms with Crippen molar-refractivity contribution in [3.63, 3.8) is 0 Å². The molecule has 2 N–H and O–H groups in total. The van der Waals surface area contributed by atoms with Gasteiger partial charge in [-0.1, -0.05) is 6.07 Å². The maximum absolute atomic E-state index is 12.2. The fraction of sp³-hybridized carbons (Fsp3) is 0.333. The van der Waals surface area contributed by atoms with Crippen LogP contribution < -0.4 is 14.9 Å². The van der Waals surface area contributed by atoms with Crippen molar-refractivity contribution in [2.24, 2.45) is 0 Å². The predicted molar refractivity (Wildman–Crippen MR) is 117 cm³/mol. The average Bonchev–Trinajstić information content (AvgIpc) is 2.58. The van der Waals surface area contributed by atoms with Crippen LogP contribution in [0.25, 0.3) is 0 Å². The first-order chi connectivity index (χ1) is 13.5. The number of hydrogen-bond donors (Lipinski definition) is 2. The van der Waals surface area contributed by atoms with Gasteiger partial charge in [0.2, 0.25) is 21.8 Å². The van der Waals surface area contributed by atoms with Crippen LogP contribution in [0, 0.1) is 13.8 Å². The Kier molecular flexibility index (Phi) is 7.39. The van der Waals surface area contributed by atoms with Crippen LogP contribution in [0.15, 0.2) is 42.5 Å². The summed E-state index contributed by atoms with van der Waals surface area (Å²) in [5.41, 5.74) is 3.83. The lowest BCUT2D eigenvalue weighted by atomic mass is 10.1. The maximum Gasteiger partial charge on any atom is 0.232 e. The Labute approximate surface area is 172 Å². The van der Waals surface area contributed by atoms with Gasteiger partial charge in [-0.2, -0.15) is 0 Å². The highest BCUT2D eigenvalue weighted by Crippen LogP contribution is 2.22. The van der Waals surface area contributed by atoms with Gasteiger partial charge in [0.25, 0.3) is 0 Å². The molecule has 156 valence electrons. The van der Waals surface area contributed by atoms with Crippen LogP contribution >= 0.6 is 0 Å². The van der Waals surface area contributed by atoms with E-state index < -0.39 is 10.0 Å². The minimum Gasteiger partial charge on any atom is -0.326 e. The summed E-state index contributed by atoms with van der Waals surface area (Å²) in [5.74, 6) is -0.368. The van der Waals surface area contributed by atoms with Crippen LogP contribution in [0.1, 0.15) is 30.9 Å². The second-order valence-corrected chi connectivity index (χ2v) is 9.00. The molecule has 0 aromatic heterocycles. The van der Waals surface area contributed by atoms with Crippen molar-refractivity contribution in [2.75, 3.05) is 27.7 Å². The molecule has 7 nitrogen and oxygen atoms in total. The molecule has 0 aliphatic rings. The number of aryl methyl sites for hydroxylation is 2. The molecule has 0 spiro atoms. The van der Waals surface area contributed by atoms with Gasteiger partial charge in [-0.25, -0.2) is 8.42 Å². The minimum absolute atomic E-state index is 0.166. The fourth-order valence-electron chi connectivity index (χ4n) is 3.03. The third-order valence-electron chi connectivity index (χ3n) is 4.15. The van der Waals surface area contributed by atoms with Gasteiger partial charge in [0.15, 0.2) is 0 Å². The van der Waals surface area contributed by atoms with Crippen molar-refractivity contribution < 1.29 is 18.0 Å². The molecule has 2 aromatic rings. The molecular weight excluding hydrogens is 390 g/mol. The highest BCUT2D eigenvalue weighted by molar-refractivity contribution is 7.92. The Morgan fingerprint density at radius 3 is 1.93 bits per heavy atom. The zero-order valence-electron chi connectivity index (χ0n) is 17.2. The molecule has 0 heterocycles. The summed E-state index contributed by atoms with van der Waals surface area (Å²) >= 11 is 0. The molecule has 8 heteroatoms. The molecule has 0 aliphatic carbocycles. The van der Waals surface area contributed by atoms with Crippen molar-refractivity contribution in [3.05, 3.63) is 53.6 Å². The number of nitrogens with one attached hydrogen (secondary N) is 2. The SMILES string of the molecule is CC(=O)Nc1ccc(NC(=O)CCCN(c2cc(C)cc(C)c2)S(C)(=O)=O)cc1. The van der Waals surface area contributed by atoms with Gasteiger partial charge in [0.05, 0.1) is 11.9 Å². The van der Waals surface area contributed by atoms with Crippen molar-refractivity contribution in [3.8, 4) is 0 Å². The molecule has 0 aliphatic heterocycles. The van der Waals surface area contributed by atoms with Gasteiger partial charge in [0, 0.05) is 31.3 Å². The second kappa shape index (κ2) is 9.56. The van der Waals surface area contributed by atoms with Crippen LogP contribution in [-0.2, 0) is 19.6 Å². The van der Waals surface area contributed by atoms with E-state index in [0.717, 1.165) is 11.1 Å². The Bertz CT molecular complexity index is 965. The number of sulfonamides is 1. The van der Waals surface area contributed by atoms with Gasteiger partial charge in [-0.15, -0.1) is 0 Å². The number of rotatable bonds is 8. The van der Waals surface area contributed by atoms with Gasteiger partial charge in [-0.05, 0) is 67.8 Å². The number of amides is 2. The molecule has 2 aromatic carbocycles. The molecule has 0 atom stereocenters. The highest BCUT2D eigenvalue weighted by Gasteiger charge is 2.18. The zero-order valence-corrected chi connectivity index (χ0v) is 18.0. The Morgan fingerprint density at radius 2 is 1.45 bits per heavy atom. The van der Waals surface area contributed by atoms with Crippen LogP contribution in [0.4, 0.5) is 17.1 Å². The Morgan fingerprint density at radius 1 is 0.931 bits per heavy atom. The number of nitrogens with zero attached hydrogens (tertiary/aromatic N) is 1. The Hall–Kier alpha value is -2.87. The Balaban J connectivity index is 1.95. The van der Waals surface area contributed by atoms with Gasteiger partial charge in [0.1, 0.15) is 0 Å². The smallest absolute Gasteiger partial charge is 0.232 e. The van der Waals surface area contributed by atoms with Gasteiger partial charge in [-0.3, -0.25) is 13.9 Å². The number of hydrogen-bond acceptors (Lipinski definition) is 4. The first-order valence-electron chi connectivity index (χ1n) is 9.28. The summed E-state index contributed by atoms with van der Waals surface area (Å²) in [6.07, 6.45) is 1.74. The van der Waals surface area contributed by atoms with E-state index in [-0.39, 0.29) is 24.8 Å². The van der Waals surface area contributed by atoms with E-state index in [1.54, 1.807) is 24.3 Å². The summed E-state index contributed by atoms with van der Waals surface area (Å²) in [6, 6.07) is 12.4. The standard InChI is InChI=1S/C21H27N3O4S/c1-15-12-16(2)14-20(13-15)24(29(4,27)28)11-5-6-21(26)23-19-9-7-18(8-10-19)22-17(3)25/h7-10,12-14H,5-6,11H2,1-4H3,(H,22,25)(H,23,26). The van der Waals surface area contributed by atoms with E-state index in [0.29, 0.717) is 23.5 Å². The van der Waals surface area contributed by atoms with Crippen LogP contribution in [0.2, 0.25) is 0 Å². The molecule has 2 rings (SSSR count). The quantitative estimate of drug-likeness (QED) is 0.688. The summed E-state index contributed by atoms with van der Waals surface area (Å²) in [4.78, 5) is 23.2. The third-order valence-corrected chi connectivity index (χ3v) is 5.34.